The van der Waals surface area contributed by atoms with Gasteiger partial charge in [-0.05, 0) is 18.2 Å². The van der Waals surface area contributed by atoms with Crippen molar-refractivity contribution >= 4 is 17.5 Å². The Morgan fingerprint density at radius 3 is 2.82 bits per heavy atom. The fraction of sp³-hybridized carbons (Fsp3) is 0.250. The third kappa shape index (κ3) is 3.18. The van der Waals surface area contributed by atoms with E-state index in [1.165, 1.54) is 6.26 Å². The summed E-state index contributed by atoms with van der Waals surface area (Å²) in [4.78, 5) is 0. The van der Waals surface area contributed by atoms with Crippen LogP contribution in [0.25, 0.3) is 0 Å². The third-order valence-corrected chi connectivity index (χ3v) is 2.42. The molecule has 1 heterocycles. The molecule has 0 saturated carbocycles. The predicted molar refractivity (Wildman–Crippen MR) is 65.6 cm³/mol. The predicted octanol–water partition coefficient (Wildman–Crippen LogP) is 1.64. The number of ether oxygens (including phenoxy) is 3. The molecule has 0 aromatic heterocycles. The molecule has 1 N–H and O–H groups in total. The number of para-hydroxylation sites is 1. The minimum atomic E-state index is -0.424. The molecule has 17 heavy (non-hydrogen) atoms. The van der Waals surface area contributed by atoms with Crippen LogP contribution in [0.15, 0.2) is 42.7 Å². The van der Waals surface area contributed by atoms with Crippen LogP contribution in [0.5, 0.6) is 5.75 Å². The van der Waals surface area contributed by atoms with Gasteiger partial charge in [0, 0.05) is 12.2 Å². The summed E-state index contributed by atoms with van der Waals surface area (Å²) in [6, 6.07) is 9.12. The van der Waals surface area contributed by atoms with E-state index in [-0.39, 0.29) is 11.8 Å². The van der Waals surface area contributed by atoms with E-state index in [2.05, 4.69) is 0 Å². The number of thiocarbonyl (C=S) groups is 1. The molecular weight excluding hydrogens is 240 g/mol. The van der Waals surface area contributed by atoms with E-state index < -0.39 is 12.2 Å². The summed E-state index contributed by atoms with van der Waals surface area (Å²) in [6.07, 6.45) is 2.33. The van der Waals surface area contributed by atoms with Gasteiger partial charge in [-0.2, -0.15) is 0 Å². The van der Waals surface area contributed by atoms with Gasteiger partial charge in [0.1, 0.15) is 5.75 Å². The first kappa shape index (κ1) is 11.9. The molecule has 1 aromatic carbocycles. The second-order valence-corrected chi connectivity index (χ2v) is 3.77. The molecule has 2 atom stereocenters. The smallest absolute Gasteiger partial charge is 0.358 e. The molecule has 1 aliphatic rings. The Kier molecular flexibility index (Phi) is 3.95. The molecule has 2 unspecified atom stereocenters. The summed E-state index contributed by atoms with van der Waals surface area (Å²) in [6.45, 7) is -0.133. The number of rotatable bonds is 3. The van der Waals surface area contributed by atoms with Gasteiger partial charge < -0.3 is 19.3 Å². The van der Waals surface area contributed by atoms with E-state index in [9.17, 15) is 0 Å². The molecule has 0 fully saturated rings. The van der Waals surface area contributed by atoms with E-state index >= 15 is 0 Å². The standard InChI is InChI=1S/C12H12O4S/c13-8-11-10(6-7-14-11)16-12(17)15-9-4-2-1-3-5-9/h1-7,10-11,13H,8H2. The summed E-state index contributed by atoms with van der Waals surface area (Å²) < 4.78 is 15.8. The van der Waals surface area contributed by atoms with Crippen molar-refractivity contribution < 1.29 is 19.3 Å². The maximum atomic E-state index is 9.01. The monoisotopic (exact) mass is 252 g/mol. The minimum Gasteiger partial charge on any atom is -0.492 e. The van der Waals surface area contributed by atoms with E-state index in [0.717, 1.165) is 0 Å². The summed E-state index contributed by atoms with van der Waals surface area (Å²) in [5, 5.41) is 9.02. The lowest BCUT2D eigenvalue weighted by molar-refractivity contribution is 0.0211. The number of aliphatic hydroxyl groups is 1. The van der Waals surface area contributed by atoms with Gasteiger partial charge in [0.15, 0.2) is 12.2 Å². The van der Waals surface area contributed by atoms with E-state index in [1.807, 2.05) is 18.2 Å². The zero-order chi connectivity index (χ0) is 12.1. The van der Waals surface area contributed by atoms with Gasteiger partial charge in [-0.1, -0.05) is 18.2 Å². The molecule has 4 nitrogen and oxygen atoms in total. The van der Waals surface area contributed by atoms with E-state index in [4.69, 9.17) is 31.5 Å². The molecular formula is C12H12O4S. The SMILES string of the molecule is OCC1OC=CC1OC(=S)Oc1ccccc1. The lowest BCUT2D eigenvalue weighted by Crippen LogP contribution is -2.31. The average molecular weight is 252 g/mol. The van der Waals surface area contributed by atoms with Gasteiger partial charge >= 0.3 is 5.24 Å². The second-order valence-electron chi connectivity index (χ2n) is 3.43. The van der Waals surface area contributed by atoms with Crippen LogP contribution in [0.2, 0.25) is 0 Å². The molecule has 2 rings (SSSR count). The molecule has 0 bridgehead atoms. The van der Waals surface area contributed by atoms with Gasteiger partial charge in [0.25, 0.3) is 0 Å². The van der Waals surface area contributed by atoms with Crippen molar-refractivity contribution in [2.24, 2.45) is 0 Å². The van der Waals surface area contributed by atoms with Crippen LogP contribution in [0.1, 0.15) is 0 Å². The number of benzene rings is 1. The molecule has 5 heteroatoms. The zero-order valence-corrected chi connectivity index (χ0v) is 9.80. The van der Waals surface area contributed by atoms with Crippen molar-refractivity contribution in [3.05, 3.63) is 42.7 Å². The fourth-order valence-electron chi connectivity index (χ4n) is 1.41. The zero-order valence-electron chi connectivity index (χ0n) is 8.98. The maximum Gasteiger partial charge on any atom is 0.358 e. The Hall–Kier alpha value is -1.59. The lowest BCUT2D eigenvalue weighted by Gasteiger charge is -2.18. The minimum absolute atomic E-state index is 0.00907. The highest BCUT2D eigenvalue weighted by Gasteiger charge is 2.26. The average Bonchev–Trinajstić information content (AvgIpc) is 2.77. The van der Waals surface area contributed by atoms with Crippen LogP contribution < -0.4 is 4.74 Å². The molecule has 0 spiro atoms. The van der Waals surface area contributed by atoms with Crippen LogP contribution in [-0.4, -0.2) is 29.2 Å². The van der Waals surface area contributed by atoms with Crippen LogP contribution in [0.4, 0.5) is 0 Å². The Bertz CT molecular complexity index is 404. The molecule has 0 radical (unpaired) electrons. The first-order valence-corrected chi connectivity index (χ1v) is 5.57. The summed E-state index contributed by atoms with van der Waals surface area (Å²) in [5.41, 5.74) is 0. The quantitative estimate of drug-likeness (QED) is 0.829. The number of hydrogen-bond acceptors (Lipinski definition) is 5. The van der Waals surface area contributed by atoms with Gasteiger partial charge in [-0.15, -0.1) is 0 Å². The Labute approximate surface area is 104 Å². The Morgan fingerprint density at radius 2 is 2.12 bits per heavy atom. The van der Waals surface area contributed by atoms with Crippen molar-refractivity contribution in [3.8, 4) is 5.75 Å². The highest BCUT2D eigenvalue weighted by atomic mass is 32.1. The number of hydrogen-bond donors (Lipinski definition) is 1. The van der Waals surface area contributed by atoms with Crippen molar-refractivity contribution in [1.29, 1.82) is 0 Å². The van der Waals surface area contributed by atoms with Crippen molar-refractivity contribution in [3.63, 3.8) is 0 Å². The van der Waals surface area contributed by atoms with Crippen molar-refractivity contribution in [2.45, 2.75) is 12.2 Å². The van der Waals surface area contributed by atoms with Crippen LogP contribution in [0.3, 0.4) is 0 Å². The van der Waals surface area contributed by atoms with Crippen molar-refractivity contribution in [1.82, 2.24) is 0 Å². The summed E-state index contributed by atoms with van der Waals surface area (Å²) in [7, 11) is 0. The lowest BCUT2D eigenvalue weighted by atomic mass is 10.2. The molecule has 0 amide bonds. The highest BCUT2D eigenvalue weighted by Crippen LogP contribution is 2.16. The van der Waals surface area contributed by atoms with E-state index in [0.29, 0.717) is 5.75 Å². The molecule has 1 aliphatic heterocycles. The molecule has 1 aromatic rings. The summed E-state index contributed by atoms with van der Waals surface area (Å²) in [5.74, 6) is 0.612. The Balaban J connectivity index is 1.87. The van der Waals surface area contributed by atoms with Crippen molar-refractivity contribution in [2.75, 3.05) is 6.61 Å². The highest BCUT2D eigenvalue weighted by molar-refractivity contribution is 7.79. The molecule has 0 saturated heterocycles. The Morgan fingerprint density at radius 1 is 1.35 bits per heavy atom. The van der Waals surface area contributed by atoms with E-state index in [1.54, 1.807) is 18.2 Å². The summed E-state index contributed by atoms with van der Waals surface area (Å²) >= 11 is 4.96. The van der Waals surface area contributed by atoms with Gasteiger partial charge in [-0.25, -0.2) is 0 Å². The number of aliphatic hydroxyl groups excluding tert-OH is 1. The topological polar surface area (TPSA) is 47.9 Å². The molecule has 0 aliphatic carbocycles. The third-order valence-electron chi connectivity index (χ3n) is 2.24. The van der Waals surface area contributed by atoms with Gasteiger partial charge in [0.2, 0.25) is 0 Å². The fourth-order valence-corrected chi connectivity index (χ4v) is 1.61. The van der Waals surface area contributed by atoms with Gasteiger partial charge in [-0.3, -0.25) is 0 Å². The van der Waals surface area contributed by atoms with Crippen LogP contribution in [-0.2, 0) is 9.47 Å². The second kappa shape index (κ2) is 5.65. The van der Waals surface area contributed by atoms with Crippen LogP contribution >= 0.6 is 12.2 Å². The largest absolute Gasteiger partial charge is 0.492 e. The van der Waals surface area contributed by atoms with Crippen LogP contribution in [0, 0.1) is 0 Å². The maximum absolute atomic E-state index is 9.01. The first-order valence-electron chi connectivity index (χ1n) is 5.16. The first-order chi connectivity index (χ1) is 8.29. The van der Waals surface area contributed by atoms with Gasteiger partial charge in [0.05, 0.1) is 12.9 Å². The molecule has 90 valence electrons. The normalized spacial score (nSPS) is 21.9.